The molecular formula is C22H23N3O9. The summed E-state index contributed by atoms with van der Waals surface area (Å²) in [4.78, 5) is 58.9. The van der Waals surface area contributed by atoms with Crippen LogP contribution < -0.4 is 10.6 Å². The molecular weight excluding hydrogens is 450 g/mol. The number of nitrogens with zero attached hydrogens (tertiary/aromatic N) is 1. The number of phenolic OH excluding ortho intramolecular Hbond substituents is 1. The number of nitro groups is 1. The van der Waals surface area contributed by atoms with Crippen molar-refractivity contribution in [2.45, 2.75) is 38.8 Å². The molecule has 2 rings (SSSR count). The molecule has 0 saturated heterocycles. The topological polar surface area (TPSA) is 196 Å². The van der Waals surface area contributed by atoms with E-state index < -0.39 is 57.2 Å². The molecule has 0 aliphatic heterocycles. The number of carbonyl (C=O) groups is 4. The highest BCUT2D eigenvalue weighted by atomic mass is 16.6. The number of hydrogen-bond acceptors (Lipinski definition) is 7. The van der Waals surface area contributed by atoms with E-state index in [1.165, 1.54) is 0 Å². The summed E-state index contributed by atoms with van der Waals surface area (Å²) >= 11 is 0. The van der Waals surface area contributed by atoms with Crippen LogP contribution in [0.3, 0.4) is 0 Å². The van der Waals surface area contributed by atoms with Gasteiger partial charge in [0, 0.05) is 12.1 Å². The average molecular weight is 473 g/mol. The fraction of sp³-hybridized carbons (Fsp3) is 0.273. The number of rotatable bonds is 11. The molecule has 34 heavy (non-hydrogen) atoms. The van der Waals surface area contributed by atoms with Gasteiger partial charge in [-0.05, 0) is 37.1 Å². The first-order chi connectivity index (χ1) is 16.0. The summed E-state index contributed by atoms with van der Waals surface area (Å²) in [5, 5.41) is 44.2. The van der Waals surface area contributed by atoms with E-state index >= 15 is 0 Å². The average Bonchev–Trinajstić information content (AvgIpc) is 2.78. The summed E-state index contributed by atoms with van der Waals surface area (Å²) in [5.74, 6) is -5.09. The molecule has 12 nitrogen and oxygen atoms in total. The maximum Gasteiger partial charge on any atom is 0.336 e. The lowest BCUT2D eigenvalue weighted by molar-refractivity contribution is -0.384. The number of hydrogen-bond donors (Lipinski definition) is 5. The Labute approximate surface area is 193 Å². The molecule has 0 heterocycles. The number of carboxylic acid groups (broad SMARTS) is 2. The van der Waals surface area contributed by atoms with Crippen molar-refractivity contribution in [3.63, 3.8) is 0 Å². The van der Waals surface area contributed by atoms with Gasteiger partial charge in [-0.3, -0.25) is 19.7 Å². The summed E-state index contributed by atoms with van der Waals surface area (Å²) < 4.78 is 0. The van der Waals surface area contributed by atoms with Gasteiger partial charge in [-0.15, -0.1) is 0 Å². The number of carbonyl (C=O) groups excluding carboxylic acids is 2. The van der Waals surface area contributed by atoms with Crippen LogP contribution in [0.4, 0.5) is 5.69 Å². The third-order valence-electron chi connectivity index (χ3n) is 4.87. The van der Waals surface area contributed by atoms with Gasteiger partial charge in [0.15, 0.2) is 0 Å². The lowest BCUT2D eigenvalue weighted by Crippen LogP contribution is -2.48. The number of amides is 2. The van der Waals surface area contributed by atoms with Crippen molar-refractivity contribution in [2.75, 3.05) is 0 Å². The Bertz CT molecular complexity index is 1130. The second kappa shape index (κ2) is 11.4. The van der Waals surface area contributed by atoms with Crippen LogP contribution in [0.1, 0.15) is 74.0 Å². The highest BCUT2D eigenvalue weighted by Gasteiger charge is 2.25. The predicted octanol–water partition coefficient (Wildman–Crippen LogP) is 2.76. The van der Waals surface area contributed by atoms with Gasteiger partial charge in [-0.2, -0.15) is 0 Å². The molecule has 2 amide bonds. The largest absolute Gasteiger partial charge is 0.508 e. The highest BCUT2D eigenvalue weighted by Crippen LogP contribution is 2.20. The first-order valence-corrected chi connectivity index (χ1v) is 10.2. The Morgan fingerprint density at radius 3 is 2.03 bits per heavy atom. The third kappa shape index (κ3) is 6.51. The standard InChI is InChI=1S/C22H23N3O9/c1-2-3-4-5-18(23-19(27)14-9-7-13(26)11-17(14)22(31)32)24-20(28)16-10-12(25(33)34)6-8-15(16)21(29)30/h6-11,18,26H,2-5H2,1H3,(H,23,27)(H,24,28)(H,29,30)(H,31,32). The second-order valence-corrected chi connectivity index (χ2v) is 7.32. The molecule has 0 aliphatic carbocycles. The predicted molar refractivity (Wildman–Crippen MR) is 118 cm³/mol. The number of aromatic carboxylic acids is 2. The molecule has 0 aliphatic rings. The van der Waals surface area contributed by atoms with E-state index in [-0.39, 0.29) is 17.7 Å². The van der Waals surface area contributed by atoms with Crippen molar-refractivity contribution in [1.82, 2.24) is 10.6 Å². The van der Waals surface area contributed by atoms with Gasteiger partial charge in [0.05, 0.1) is 27.2 Å². The fourth-order valence-electron chi connectivity index (χ4n) is 3.18. The van der Waals surface area contributed by atoms with Crippen molar-refractivity contribution in [3.8, 4) is 5.75 Å². The Morgan fingerprint density at radius 2 is 1.47 bits per heavy atom. The molecule has 2 aromatic rings. The lowest BCUT2D eigenvalue weighted by Gasteiger charge is -2.21. The maximum atomic E-state index is 12.9. The van der Waals surface area contributed by atoms with Crippen LogP contribution >= 0.6 is 0 Å². The lowest BCUT2D eigenvalue weighted by atomic mass is 10.0. The van der Waals surface area contributed by atoms with Crippen LogP contribution in [0.5, 0.6) is 5.75 Å². The van der Waals surface area contributed by atoms with E-state index in [2.05, 4.69) is 10.6 Å². The van der Waals surface area contributed by atoms with Crippen LogP contribution in [0.15, 0.2) is 36.4 Å². The SMILES string of the molecule is CCCCCC(NC(=O)c1ccc(O)cc1C(=O)O)NC(=O)c1cc([N+](=O)[O-])ccc1C(=O)O. The van der Waals surface area contributed by atoms with Gasteiger partial charge in [0.1, 0.15) is 11.9 Å². The van der Waals surface area contributed by atoms with Gasteiger partial charge in [-0.25, -0.2) is 9.59 Å². The molecule has 0 bridgehead atoms. The number of aromatic hydroxyl groups is 1. The molecule has 1 atom stereocenters. The zero-order valence-corrected chi connectivity index (χ0v) is 18.1. The fourth-order valence-corrected chi connectivity index (χ4v) is 3.18. The quantitative estimate of drug-likeness (QED) is 0.141. The summed E-state index contributed by atoms with van der Waals surface area (Å²) in [5.41, 5.74) is -2.14. The van der Waals surface area contributed by atoms with E-state index in [9.17, 15) is 44.6 Å². The number of benzene rings is 2. The molecule has 2 aromatic carbocycles. The van der Waals surface area contributed by atoms with Crippen molar-refractivity contribution in [3.05, 3.63) is 68.8 Å². The van der Waals surface area contributed by atoms with Crippen LogP contribution in [0.25, 0.3) is 0 Å². The minimum atomic E-state index is -1.47. The number of carboxylic acids is 2. The maximum absolute atomic E-state index is 12.9. The molecule has 0 aromatic heterocycles. The Kier molecular flexibility index (Phi) is 8.65. The van der Waals surface area contributed by atoms with Gasteiger partial charge in [0.2, 0.25) is 0 Å². The normalized spacial score (nSPS) is 11.3. The summed E-state index contributed by atoms with van der Waals surface area (Å²) in [6.07, 6.45) is 1.32. The number of nitro benzene ring substituents is 1. The second-order valence-electron chi connectivity index (χ2n) is 7.32. The molecule has 0 saturated carbocycles. The van der Waals surface area contributed by atoms with E-state index in [1.807, 2.05) is 6.92 Å². The van der Waals surface area contributed by atoms with E-state index in [0.29, 0.717) is 6.42 Å². The molecule has 0 spiro atoms. The van der Waals surface area contributed by atoms with E-state index in [1.54, 1.807) is 0 Å². The molecule has 1 unspecified atom stereocenters. The smallest absolute Gasteiger partial charge is 0.336 e. The number of nitrogens with one attached hydrogen (secondary N) is 2. The Hall–Kier alpha value is -4.48. The molecule has 0 radical (unpaired) electrons. The first kappa shape index (κ1) is 25.8. The Balaban J connectivity index is 2.34. The van der Waals surface area contributed by atoms with Crippen LogP contribution in [-0.4, -0.2) is 50.2 Å². The van der Waals surface area contributed by atoms with Crippen molar-refractivity contribution >= 4 is 29.4 Å². The van der Waals surface area contributed by atoms with Gasteiger partial charge < -0.3 is 26.0 Å². The zero-order chi connectivity index (χ0) is 25.4. The number of unbranched alkanes of at least 4 members (excludes halogenated alkanes) is 2. The number of phenols is 1. The van der Waals surface area contributed by atoms with E-state index in [0.717, 1.165) is 49.2 Å². The Morgan fingerprint density at radius 1 is 0.882 bits per heavy atom. The van der Waals surface area contributed by atoms with Gasteiger partial charge in [-0.1, -0.05) is 19.8 Å². The first-order valence-electron chi connectivity index (χ1n) is 10.2. The van der Waals surface area contributed by atoms with Crippen LogP contribution in [-0.2, 0) is 0 Å². The third-order valence-corrected chi connectivity index (χ3v) is 4.87. The van der Waals surface area contributed by atoms with Crippen molar-refractivity contribution in [2.24, 2.45) is 0 Å². The van der Waals surface area contributed by atoms with Gasteiger partial charge >= 0.3 is 11.9 Å². The van der Waals surface area contributed by atoms with Crippen molar-refractivity contribution < 1.29 is 39.4 Å². The van der Waals surface area contributed by atoms with Crippen LogP contribution in [0.2, 0.25) is 0 Å². The van der Waals surface area contributed by atoms with E-state index in [4.69, 9.17) is 0 Å². The van der Waals surface area contributed by atoms with Crippen LogP contribution in [0, 0.1) is 10.1 Å². The molecule has 5 N–H and O–H groups in total. The zero-order valence-electron chi connectivity index (χ0n) is 18.1. The van der Waals surface area contributed by atoms with Crippen molar-refractivity contribution in [1.29, 1.82) is 0 Å². The summed E-state index contributed by atoms with van der Waals surface area (Å²) in [6, 6.07) is 5.88. The van der Waals surface area contributed by atoms with Gasteiger partial charge in [0.25, 0.3) is 17.5 Å². The molecule has 0 fully saturated rings. The monoisotopic (exact) mass is 473 g/mol. The number of non-ortho nitro benzene ring substituents is 1. The minimum absolute atomic E-state index is 0.225. The molecule has 12 heteroatoms. The summed E-state index contributed by atoms with van der Waals surface area (Å²) in [6.45, 7) is 1.93. The highest BCUT2D eigenvalue weighted by molar-refractivity contribution is 6.07. The molecule has 180 valence electrons. The minimum Gasteiger partial charge on any atom is -0.508 e. The summed E-state index contributed by atoms with van der Waals surface area (Å²) in [7, 11) is 0.